The Morgan fingerprint density at radius 3 is 2.22 bits per heavy atom. The summed E-state index contributed by atoms with van der Waals surface area (Å²) in [5.74, 6) is 3.88. The Balaban J connectivity index is 1.11. The monoisotopic (exact) mass is 479 g/mol. The number of aromatic nitrogens is 4. The van der Waals surface area contributed by atoms with Crippen molar-refractivity contribution in [3.8, 4) is 34.0 Å². The van der Waals surface area contributed by atoms with Gasteiger partial charge in [0.1, 0.15) is 11.6 Å². The zero-order valence-electron chi connectivity index (χ0n) is 20.1. The highest BCUT2D eigenvalue weighted by molar-refractivity contribution is 5.87. The zero-order chi connectivity index (χ0) is 23.6. The summed E-state index contributed by atoms with van der Waals surface area (Å²) in [6.07, 6.45) is 9.59. The van der Waals surface area contributed by atoms with Crippen LogP contribution in [0.25, 0.3) is 22.5 Å². The topological polar surface area (TPSA) is 93.9 Å². The van der Waals surface area contributed by atoms with Crippen LogP contribution in [0.3, 0.4) is 0 Å². The zero-order valence-corrected chi connectivity index (χ0v) is 20.1. The van der Waals surface area contributed by atoms with Crippen molar-refractivity contribution in [2.24, 2.45) is 0 Å². The molecule has 0 spiro atoms. The summed E-state index contributed by atoms with van der Waals surface area (Å²) in [4.78, 5) is 18.8. The van der Waals surface area contributed by atoms with E-state index in [1.807, 2.05) is 12.4 Å². The van der Waals surface area contributed by atoms with E-state index in [2.05, 4.69) is 65.8 Å². The molecule has 182 valence electrons. The maximum atomic E-state index is 6.49. The van der Waals surface area contributed by atoms with Crippen molar-refractivity contribution >= 4 is 11.4 Å². The number of benzene rings is 2. The molecule has 0 saturated carbocycles. The van der Waals surface area contributed by atoms with Crippen LogP contribution in [0, 0.1) is 0 Å². The van der Waals surface area contributed by atoms with Crippen LogP contribution in [-0.4, -0.2) is 39.6 Å². The highest BCUT2D eigenvalue weighted by Gasteiger charge is 2.33. The number of rotatable bonds is 4. The van der Waals surface area contributed by atoms with Gasteiger partial charge in [-0.2, -0.15) is 0 Å². The highest BCUT2D eigenvalue weighted by Crippen LogP contribution is 2.53. The van der Waals surface area contributed by atoms with Crippen LogP contribution in [0.2, 0.25) is 0 Å². The number of nitrogens with one attached hydrogen (secondary N) is 4. The average molecular weight is 480 g/mol. The third-order valence-corrected chi connectivity index (χ3v) is 8.09. The average Bonchev–Trinajstić information content (AvgIpc) is 3.74. The fourth-order valence-electron chi connectivity index (χ4n) is 6.24. The minimum absolute atomic E-state index is 0.333. The molecule has 0 bridgehead atoms. The summed E-state index contributed by atoms with van der Waals surface area (Å²) < 4.78 is 6.49. The predicted octanol–water partition coefficient (Wildman–Crippen LogP) is 5.12. The largest absolute Gasteiger partial charge is 0.453 e. The Kier molecular flexibility index (Phi) is 4.54. The Hall–Kier alpha value is -3.62. The molecule has 0 aliphatic carbocycles. The molecular weight excluding hydrogens is 450 g/mol. The molecule has 8 nitrogen and oxygen atoms in total. The second kappa shape index (κ2) is 7.94. The number of H-pyrrole nitrogens is 2. The van der Waals surface area contributed by atoms with E-state index in [1.54, 1.807) is 0 Å². The molecule has 2 aromatic carbocycles. The summed E-state index contributed by atoms with van der Waals surface area (Å²) in [6, 6.07) is 11.6. The smallest absolute Gasteiger partial charge is 0.152 e. The first kappa shape index (κ1) is 20.6. The SMILES string of the molecule is c1cc2c(cc1-c1cnc([C@@H]3CCCN3)[nH]1)N1CCc3cc(-c4cnc([C@@H]5CCCN5)[nH]4)cc(c31)O2. The summed E-state index contributed by atoms with van der Waals surface area (Å²) >= 11 is 0. The van der Waals surface area contributed by atoms with Crippen molar-refractivity contribution in [2.75, 3.05) is 24.5 Å². The summed E-state index contributed by atoms with van der Waals surface area (Å²) in [7, 11) is 0. The lowest BCUT2D eigenvalue weighted by Crippen LogP contribution is -2.18. The molecule has 4 aliphatic heterocycles. The maximum absolute atomic E-state index is 6.49. The number of ether oxygens (including phenoxy) is 1. The van der Waals surface area contributed by atoms with Crippen LogP contribution >= 0.6 is 0 Å². The van der Waals surface area contributed by atoms with Crippen LogP contribution in [0.1, 0.15) is 55.0 Å². The Morgan fingerprint density at radius 1 is 0.806 bits per heavy atom. The van der Waals surface area contributed by atoms with Crippen LogP contribution < -0.4 is 20.3 Å². The number of hydrogen-bond donors (Lipinski definition) is 4. The van der Waals surface area contributed by atoms with Crippen molar-refractivity contribution in [1.29, 1.82) is 0 Å². The standard InChI is InChI=1S/C28H29N7O/c1-3-19(29-8-1)27-31-14-21(33-27)16-5-6-24-23(12-16)35-10-7-17-11-18(13-25(36-24)26(17)35)22-15-32-28(34-22)20-4-2-9-30-20/h5-6,11-15,19-20,29-30H,1-4,7-10H2,(H,31,33)(H,32,34)/t19-,20-/m0/s1. The molecule has 6 heterocycles. The van der Waals surface area contributed by atoms with E-state index in [0.717, 1.165) is 90.2 Å². The molecule has 2 aromatic heterocycles. The van der Waals surface area contributed by atoms with Crippen molar-refractivity contribution < 1.29 is 4.74 Å². The molecule has 8 rings (SSSR count). The van der Waals surface area contributed by atoms with E-state index < -0.39 is 0 Å². The van der Waals surface area contributed by atoms with Gasteiger partial charge < -0.3 is 30.2 Å². The molecule has 4 aromatic rings. The Bertz CT molecular complexity index is 1460. The number of aromatic amines is 2. The third kappa shape index (κ3) is 3.21. The second-order valence-corrected chi connectivity index (χ2v) is 10.3. The van der Waals surface area contributed by atoms with Crippen molar-refractivity contribution in [2.45, 2.75) is 44.2 Å². The first-order valence-corrected chi connectivity index (χ1v) is 13.1. The number of imidazole rings is 2. The van der Waals surface area contributed by atoms with E-state index in [4.69, 9.17) is 4.74 Å². The fraction of sp³-hybridized carbons (Fsp3) is 0.357. The molecule has 8 heteroatoms. The van der Waals surface area contributed by atoms with E-state index >= 15 is 0 Å². The molecule has 2 fully saturated rings. The normalized spacial score (nSPS) is 22.1. The molecule has 2 saturated heterocycles. The number of anilines is 2. The minimum Gasteiger partial charge on any atom is -0.453 e. The first-order chi connectivity index (χ1) is 17.8. The van der Waals surface area contributed by atoms with Crippen molar-refractivity contribution in [3.05, 3.63) is 59.9 Å². The van der Waals surface area contributed by atoms with Crippen LogP contribution in [0.4, 0.5) is 11.4 Å². The van der Waals surface area contributed by atoms with E-state index in [9.17, 15) is 0 Å². The quantitative estimate of drug-likeness (QED) is 0.325. The molecular formula is C28H29N7O. The van der Waals surface area contributed by atoms with Gasteiger partial charge in [-0.3, -0.25) is 0 Å². The minimum atomic E-state index is 0.333. The molecule has 4 N–H and O–H groups in total. The van der Waals surface area contributed by atoms with E-state index in [0.29, 0.717) is 12.1 Å². The third-order valence-electron chi connectivity index (χ3n) is 8.09. The molecule has 4 aliphatic rings. The van der Waals surface area contributed by atoms with Crippen molar-refractivity contribution in [1.82, 2.24) is 30.6 Å². The first-order valence-electron chi connectivity index (χ1n) is 13.1. The highest BCUT2D eigenvalue weighted by atomic mass is 16.5. The van der Waals surface area contributed by atoms with E-state index in [1.165, 1.54) is 24.1 Å². The molecule has 0 amide bonds. The predicted molar refractivity (Wildman–Crippen MR) is 139 cm³/mol. The molecule has 0 radical (unpaired) electrons. The van der Waals surface area contributed by atoms with Gasteiger partial charge >= 0.3 is 0 Å². The number of nitrogens with zero attached hydrogens (tertiary/aromatic N) is 3. The van der Waals surface area contributed by atoms with Crippen LogP contribution in [-0.2, 0) is 6.42 Å². The number of hydrogen-bond acceptors (Lipinski definition) is 6. The van der Waals surface area contributed by atoms with Gasteiger partial charge in [-0.05, 0) is 81.1 Å². The molecule has 36 heavy (non-hydrogen) atoms. The van der Waals surface area contributed by atoms with Gasteiger partial charge in [0.25, 0.3) is 0 Å². The Labute approximate surface area is 209 Å². The lowest BCUT2D eigenvalue weighted by molar-refractivity contribution is 0.476. The Morgan fingerprint density at radius 2 is 1.53 bits per heavy atom. The van der Waals surface area contributed by atoms with Gasteiger partial charge in [0.15, 0.2) is 11.5 Å². The lowest BCUT2D eigenvalue weighted by atomic mass is 10.0. The molecule has 2 atom stereocenters. The van der Waals surface area contributed by atoms with Gasteiger partial charge in [-0.25, -0.2) is 9.97 Å². The van der Waals surface area contributed by atoms with Crippen molar-refractivity contribution in [3.63, 3.8) is 0 Å². The van der Waals surface area contributed by atoms with Gasteiger partial charge in [0, 0.05) is 17.7 Å². The summed E-state index contributed by atoms with van der Waals surface area (Å²) in [5, 5.41) is 7.05. The van der Waals surface area contributed by atoms with Crippen LogP contribution in [0.15, 0.2) is 42.7 Å². The van der Waals surface area contributed by atoms with Gasteiger partial charge in [0.05, 0.1) is 47.2 Å². The lowest BCUT2D eigenvalue weighted by Gasteiger charge is -2.30. The summed E-state index contributed by atoms with van der Waals surface area (Å²) in [6.45, 7) is 3.08. The number of fused-ring (bicyclic) bond motifs is 2. The van der Waals surface area contributed by atoms with Gasteiger partial charge in [0.2, 0.25) is 0 Å². The van der Waals surface area contributed by atoms with Gasteiger partial charge in [-0.15, -0.1) is 0 Å². The maximum Gasteiger partial charge on any atom is 0.152 e. The van der Waals surface area contributed by atoms with Crippen LogP contribution in [0.5, 0.6) is 11.5 Å². The fourth-order valence-corrected chi connectivity index (χ4v) is 6.24. The van der Waals surface area contributed by atoms with Gasteiger partial charge in [-0.1, -0.05) is 0 Å². The summed E-state index contributed by atoms with van der Waals surface area (Å²) in [5.41, 5.74) is 8.01. The molecule has 0 unspecified atom stereocenters. The second-order valence-electron chi connectivity index (χ2n) is 10.3. The van der Waals surface area contributed by atoms with E-state index in [-0.39, 0.29) is 0 Å².